The highest BCUT2D eigenvalue weighted by Crippen LogP contribution is 2.21. The Kier molecular flexibility index (Phi) is 7.69. The number of hydrogen-bond donors (Lipinski definition) is 2. The van der Waals surface area contributed by atoms with Crippen molar-refractivity contribution >= 4 is 17.3 Å². The molecule has 0 radical (unpaired) electrons. The Hall–Kier alpha value is -1.14. The van der Waals surface area contributed by atoms with Gasteiger partial charge in [-0.25, -0.2) is 4.98 Å². The Morgan fingerprint density at radius 1 is 1.20 bits per heavy atom. The van der Waals surface area contributed by atoms with E-state index >= 15 is 0 Å². The van der Waals surface area contributed by atoms with Gasteiger partial charge in [-0.1, -0.05) is 6.42 Å². The molecule has 0 unspecified atom stereocenters. The first-order valence-corrected chi connectivity index (χ1v) is 10.4. The molecule has 5 nitrogen and oxygen atoms in total. The van der Waals surface area contributed by atoms with Crippen molar-refractivity contribution in [2.75, 3.05) is 32.7 Å². The van der Waals surface area contributed by atoms with E-state index in [4.69, 9.17) is 4.99 Å². The zero-order valence-electron chi connectivity index (χ0n) is 16.6. The fraction of sp³-hybridized carbons (Fsp3) is 0.789. The molecule has 1 aromatic heterocycles. The Bertz CT molecular complexity index is 558. The maximum absolute atomic E-state index is 4.86. The van der Waals surface area contributed by atoms with E-state index in [1.807, 2.05) is 0 Å². The fourth-order valence-corrected chi connectivity index (χ4v) is 4.25. The van der Waals surface area contributed by atoms with Gasteiger partial charge in [0, 0.05) is 29.9 Å². The van der Waals surface area contributed by atoms with E-state index in [0.717, 1.165) is 42.7 Å². The van der Waals surface area contributed by atoms with Crippen molar-refractivity contribution in [3.63, 3.8) is 0 Å². The fourth-order valence-electron chi connectivity index (χ4n) is 3.31. The summed E-state index contributed by atoms with van der Waals surface area (Å²) in [5.74, 6) is 0.923. The van der Waals surface area contributed by atoms with E-state index in [-0.39, 0.29) is 5.54 Å². The van der Waals surface area contributed by atoms with Crippen molar-refractivity contribution in [3.05, 3.63) is 15.6 Å². The molecule has 25 heavy (non-hydrogen) atoms. The first-order valence-electron chi connectivity index (χ1n) is 9.62. The molecule has 1 saturated heterocycles. The third-order valence-corrected chi connectivity index (χ3v) is 5.96. The van der Waals surface area contributed by atoms with E-state index in [9.17, 15) is 0 Å². The molecule has 0 amide bonds. The van der Waals surface area contributed by atoms with Crippen molar-refractivity contribution in [1.29, 1.82) is 0 Å². The van der Waals surface area contributed by atoms with Crippen molar-refractivity contribution in [2.24, 2.45) is 4.99 Å². The summed E-state index contributed by atoms with van der Waals surface area (Å²) in [6.45, 7) is 15.9. The van der Waals surface area contributed by atoms with Crippen LogP contribution in [-0.4, -0.2) is 54.1 Å². The van der Waals surface area contributed by atoms with Crippen LogP contribution in [0.25, 0.3) is 0 Å². The molecule has 0 saturated carbocycles. The molecule has 0 spiro atoms. The molecular weight excluding hydrogens is 330 g/mol. The van der Waals surface area contributed by atoms with E-state index in [0.29, 0.717) is 0 Å². The summed E-state index contributed by atoms with van der Waals surface area (Å²) in [6, 6.07) is 0. The molecule has 0 aromatic carbocycles. The lowest BCUT2D eigenvalue weighted by molar-refractivity contribution is 0.102. The predicted octanol–water partition coefficient (Wildman–Crippen LogP) is 3.12. The molecule has 0 atom stereocenters. The van der Waals surface area contributed by atoms with Gasteiger partial charge in [0.15, 0.2) is 5.96 Å². The largest absolute Gasteiger partial charge is 0.357 e. The Balaban J connectivity index is 1.87. The first kappa shape index (κ1) is 20.2. The molecule has 142 valence electrons. The number of piperidine rings is 1. The lowest BCUT2D eigenvalue weighted by Gasteiger charge is -2.40. The normalized spacial score (nSPS) is 16.9. The summed E-state index contributed by atoms with van der Waals surface area (Å²) < 4.78 is 0. The van der Waals surface area contributed by atoms with Crippen LogP contribution in [0.2, 0.25) is 0 Å². The smallest absolute Gasteiger partial charge is 0.191 e. The van der Waals surface area contributed by atoms with Crippen LogP contribution >= 0.6 is 11.3 Å². The predicted molar refractivity (Wildman–Crippen MR) is 109 cm³/mol. The highest BCUT2D eigenvalue weighted by Gasteiger charge is 2.27. The van der Waals surface area contributed by atoms with Crippen molar-refractivity contribution in [2.45, 2.75) is 65.8 Å². The van der Waals surface area contributed by atoms with Crippen LogP contribution in [0.4, 0.5) is 0 Å². The van der Waals surface area contributed by atoms with Crippen molar-refractivity contribution in [1.82, 2.24) is 20.5 Å². The second-order valence-corrected chi connectivity index (χ2v) is 8.76. The summed E-state index contributed by atoms with van der Waals surface area (Å²) in [7, 11) is 0. The molecule has 1 aliphatic rings. The molecule has 2 rings (SSSR count). The van der Waals surface area contributed by atoms with Gasteiger partial charge >= 0.3 is 0 Å². The number of aryl methyl sites for hydroxylation is 2. The highest BCUT2D eigenvalue weighted by molar-refractivity contribution is 7.11. The molecule has 1 aromatic rings. The van der Waals surface area contributed by atoms with Gasteiger partial charge in [-0.3, -0.25) is 9.89 Å². The van der Waals surface area contributed by atoms with Gasteiger partial charge in [-0.2, -0.15) is 0 Å². The molecule has 0 aliphatic carbocycles. The minimum Gasteiger partial charge on any atom is -0.357 e. The number of aromatic nitrogens is 1. The maximum atomic E-state index is 4.86. The van der Waals surface area contributed by atoms with E-state index in [2.05, 4.69) is 55.1 Å². The van der Waals surface area contributed by atoms with Gasteiger partial charge in [0.05, 0.1) is 17.2 Å². The number of rotatable bonds is 7. The molecular formula is C19H35N5S. The minimum atomic E-state index is 0.119. The van der Waals surface area contributed by atoms with Gasteiger partial charge in [-0.05, 0) is 60.5 Å². The van der Waals surface area contributed by atoms with Crippen LogP contribution in [0.5, 0.6) is 0 Å². The Morgan fingerprint density at radius 2 is 1.92 bits per heavy atom. The van der Waals surface area contributed by atoms with E-state index in [1.54, 1.807) is 11.3 Å². The second kappa shape index (κ2) is 9.53. The van der Waals surface area contributed by atoms with Crippen molar-refractivity contribution in [3.8, 4) is 0 Å². The monoisotopic (exact) mass is 365 g/mol. The molecule has 2 N–H and O–H groups in total. The molecule has 1 fully saturated rings. The first-order chi connectivity index (χ1) is 11.9. The number of thiazole rings is 1. The van der Waals surface area contributed by atoms with Crippen molar-refractivity contribution < 1.29 is 0 Å². The quantitative estimate of drug-likeness (QED) is 0.576. The van der Waals surface area contributed by atoms with Gasteiger partial charge < -0.3 is 10.6 Å². The number of likely N-dealkylation sites (tertiary alicyclic amines) is 1. The van der Waals surface area contributed by atoms with Crippen LogP contribution in [0, 0.1) is 13.8 Å². The summed E-state index contributed by atoms with van der Waals surface area (Å²) in [5.41, 5.74) is 1.28. The number of aliphatic imine (C=N–C) groups is 1. The van der Waals surface area contributed by atoms with Gasteiger partial charge in [-0.15, -0.1) is 11.3 Å². The lowest BCUT2D eigenvalue weighted by Crippen LogP contribution is -2.49. The van der Waals surface area contributed by atoms with Crippen LogP contribution in [0.3, 0.4) is 0 Å². The molecule has 1 aliphatic heterocycles. The minimum absolute atomic E-state index is 0.119. The Morgan fingerprint density at radius 3 is 2.52 bits per heavy atom. The lowest BCUT2D eigenvalue weighted by atomic mass is 9.99. The average molecular weight is 366 g/mol. The third kappa shape index (κ3) is 6.26. The SMILES string of the molecule is CCNC(=NCC(C)(C)N1CCCCC1)NCCc1sc(C)nc1C. The summed E-state index contributed by atoms with van der Waals surface area (Å²) in [4.78, 5) is 13.3. The average Bonchev–Trinajstić information content (AvgIpc) is 2.91. The number of nitrogens with zero attached hydrogens (tertiary/aromatic N) is 3. The maximum Gasteiger partial charge on any atom is 0.191 e. The molecule has 0 bridgehead atoms. The molecule has 2 heterocycles. The topological polar surface area (TPSA) is 52.6 Å². The van der Waals surface area contributed by atoms with E-state index < -0.39 is 0 Å². The number of nitrogens with one attached hydrogen (secondary N) is 2. The van der Waals surface area contributed by atoms with Gasteiger partial charge in [0.25, 0.3) is 0 Å². The zero-order chi connectivity index (χ0) is 18.3. The van der Waals surface area contributed by atoms with Crippen LogP contribution in [-0.2, 0) is 6.42 Å². The van der Waals surface area contributed by atoms with Gasteiger partial charge in [0.1, 0.15) is 0 Å². The zero-order valence-corrected chi connectivity index (χ0v) is 17.4. The number of hydrogen-bond acceptors (Lipinski definition) is 4. The van der Waals surface area contributed by atoms with Gasteiger partial charge in [0.2, 0.25) is 0 Å². The second-order valence-electron chi connectivity index (χ2n) is 7.47. The van der Waals surface area contributed by atoms with Crippen LogP contribution in [0.15, 0.2) is 4.99 Å². The third-order valence-electron chi connectivity index (χ3n) is 4.82. The standard InChI is InChI=1S/C19H35N5S/c1-6-20-18(21-11-10-17-15(2)23-16(3)25-17)22-14-19(4,5)24-12-8-7-9-13-24/h6-14H2,1-5H3,(H2,20,21,22). The highest BCUT2D eigenvalue weighted by atomic mass is 32.1. The number of guanidine groups is 1. The Labute approximate surface area is 157 Å². The summed E-state index contributed by atoms with van der Waals surface area (Å²) in [5, 5.41) is 8.00. The van der Waals surface area contributed by atoms with Crippen LogP contribution in [0.1, 0.15) is 55.6 Å². The van der Waals surface area contributed by atoms with Crippen LogP contribution < -0.4 is 10.6 Å². The molecule has 6 heteroatoms. The van der Waals surface area contributed by atoms with E-state index in [1.165, 1.54) is 37.2 Å². The summed E-state index contributed by atoms with van der Waals surface area (Å²) in [6.07, 6.45) is 5.01. The summed E-state index contributed by atoms with van der Waals surface area (Å²) >= 11 is 1.80.